The van der Waals surface area contributed by atoms with Crippen molar-refractivity contribution in [1.82, 2.24) is 9.80 Å². The first-order valence-corrected chi connectivity index (χ1v) is 9.00. The molecule has 0 aromatic rings. The minimum absolute atomic E-state index is 0.0980. The topological polar surface area (TPSA) is 76.2 Å². The molecule has 2 heterocycles. The number of amides is 2. The molecule has 0 aromatic carbocycles. The number of likely N-dealkylation sites (tertiary alicyclic amines) is 1. The highest BCUT2D eigenvalue weighted by Gasteiger charge is 2.41. The van der Waals surface area contributed by atoms with Crippen LogP contribution in [0.25, 0.3) is 0 Å². The predicted molar refractivity (Wildman–Crippen MR) is 90.5 cm³/mol. The van der Waals surface area contributed by atoms with Gasteiger partial charge in [0.05, 0.1) is 13.0 Å². The number of esters is 1. The van der Waals surface area contributed by atoms with E-state index in [4.69, 9.17) is 4.74 Å². The molecular weight excluding hydrogens is 332 g/mol. The van der Waals surface area contributed by atoms with Crippen molar-refractivity contribution >= 4 is 29.7 Å². The Morgan fingerprint density at radius 3 is 2.54 bits per heavy atom. The number of hydrogen-bond acceptors (Lipinski definition) is 6. The second kappa shape index (κ2) is 7.46. The zero-order valence-electron chi connectivity index (χ0n) is 14.5. The third kappa shape index (κ3) is 4.66. The summed E-state index contributed by atoms with van der Waals surface area (Å²) in [4.78, 5) is 39.9. The smallest absolute Gasteiger partial charge is 0.411 e. The monoisotopic (exact) mass is 356 g/mol. The van der Waals surface area contributed by atoms with Crippen LogP contribution in [0.4, 0.5) is 4.79 Å². The van der Waals surface area contributed by atoms with Gasteiger partial charge in [-0.05, 0) is 26.3 Å². The lowest BCUT2D eigenvalue weighted by atomic mass is 10.1. The lowest BCUT2D eigenvalue weighted by molar-refractivity contribution is -0.135. The van der Waals surface area contributed by atoms with Crippen molar-refractivity contribution < 1.29 is 23.9 Å². The molecule has 7 nitrogen and oxygen atoms in total. The molecule has 134 valence electrons. The fourth-order valence-electron chi connectivity index (χ4n) is 2.61. The van der Waals surface area contributed by atoms with Gasteiger partial charge in [0.2, 0.25) is 5.91 Å². The zero-order valence-corrected chi connectivity index (χ0v) is 15.4. The van der Waals surface area contributed by atoms with Gasteiger partial charge in [-0.25, -0.2) is 9.59 Å². The van der Waals surface area contributed by atoms with Gasteiger partial charge in [0.25, 0.3) is 0 Å². The highest BCUT2D eigenvalue weighted by Crippen LogP contribution is 2.28. The molecule has 0 bridgehead atoms. The number of carbonyl (C=O) groups is 3. The van der Waals surface area contributed by atoms with Gasteiger partial charge in [-0.3, -0.25) is 9.69 Å². The summed E-state index contributed by atoms with van der Waals surface area (Å²) in [6.45, 7) is 6.21. The molecule has 2 amide bonds. The van der Waals surface area contributed by atoms with Crippen molar-refractivity contribution in [2.24, 2.45) is 0 Å². The molecule has 2 aliphatic heterocycles. The molecule has 24 heavy (non-hydrogen) atoms. The van der Waals surface area contributed by atoms with Crippen molar-refractivity contribution in [1.29, 1.82) is 0 Å². The van der Waals surface area contributed by atoms with Crippen LogP contribution in [0.1, 0.15) is 27.2 Å². The van der Waals surface area contributed by atoms with E-state index in [0.717, 1.165) is 5.75 Å². The Morgan fingerprint density at radius 1 is 1.29 bits per heavy atom. The summed E-state index contributed by atoms with van der Waals surface area (Å²) >= 11 is 1.69. The normalized spacial score (nSPS) is 22.8. The lowest BCUT2D eigenvalue weighted by Crippen LogP contribution is -2.48. The minimum atomic E-state index is -0.650. The number of carbonyl (C=O) groups excluding carboxylic acids is 3. The third-order valence-electron chi connectivity index (χ3n) is 3.71. The number of nitrogens with zero attached hydrogens (tertiary/aromatic N) is 2. The first-order chi connectivity index (χ1) is 11.2. The van der Waals surface area contributed by atoms with E-state index in [-0.39, 0.29) is 12.5 Å². The molecule has 1 atom stereocenters. The summed E-state index contributed by atoms with van der Waals surface area (Å²) < 4.78 is 10.0. The van der Waals surface area contributed by atoms with Gasteiger partial charge in [0.15, 0.2) is 0 Å². The molecule has 0 saturated carbocycles. The summed E-state index contributed by atoms with van der Waals surface area (Å²) in [6.07, 6.45) is 1.14. The van der Waals surface area contributed by atoms with Crippen LogP contribution in [0.3, 0.4) is 0 Å². The molecule has 0 aromatic heterocycles. The van der Waals surface area contributed by atoms with Gasteiger partial charge in [0, 0.05) is 31.3 Å². The fourth-order valence-corrected chi connectivity index (χ4v) is 3.57. The van der Waals surface area contributed by atoms with Crippen molar-refractivity contribution in [3.05, 3.63) is 11.6 Å². The Kier molecular flexibility index (Phi) is 5.79. The van der Waals surface area contributed by atoms with Crippen molar-refractivity contribution in [3.8, 4) is 0 Å². The average Bonchev–Trinajstić information content (AvgIpc) is 3.14. The molecule has 2 fully saturated rings. The van der Waals surface area contributed by atoms with E-state index in [2.05, 4.69) is 4.74 Å². The van der Waals surface area contributed by atoms with E-state index in [9.17, 15) is 14.4 Å². The maximum absolute atomic E-state index is 12.7. The largest absolute Gasteiger partial charge is 0.466 e. The second-order valence-corrected chi connectivity index (χ2v) is 7.87. The van der Waals surface area contributed by atoms with Crippen molar-refractivity contribution in [2.75, 3.05) is 31.8 Å². The number of methoxy groups -OCH3 is 1. The van der Waals surface area contributed by atoms with E-state index in [0.29, 0.717) is 24.4 Å². The number of ether oxygens (including phenoxy) is 2. The number of rotatable bonds is 2. The van der Waals surface area contributed by atoms with E-state index < -0.39 is 23.7 Å². The van der Waals surface area contributed by atoms with Gasteiger partial charge in [-0.2, -0.15) is 0 Å². The Morgan fingerprint density at radius 2 is 2.00 bits per heavy atom. The quantitative estimate of drug-likeness (QED) is 0.553. The van der Waals surface area contributed by atoms with Gasteiger partial charge in [-0.1, -0.05) is 0 Å². The summed E-state index contributed by atoms with van der Waals surface area (Å²) in [5, 5.41) is 0. The fraction of sp³-hybridized carbons (Fsp3) is 0.688. The van der Waals surface area contributed by atoms with Crippen LogP contribution in [0.15, 0.2) is 11.6 Å². The number of hydrogen-bond donors (Lipinski definition) is 0. The van der Waals surface area contributed by atoms with Crippen LogP contribution >= 0.6 is 11.8 Å². The van der Waals surface area contributed by atoms with E-state index >= 15 is 0 Å². The van der Waals surface area contributed by atoms with Crippen LogP contribution < -0.4 is 0 Å². The van der Waals surface area contributed by atoms with Gasteiger partial charge in [-0.15, -0.1) is 11.8 Å². The van der Waals surface area contributed by atoms with Crippen molar-refractivity contribution in [2.45, 2.75) is 38.8 Å². The van der Waals surface area contributed by atoms with Crippen LogP contribution in [0, 0.1) is 0 Å². The highest BCUT2D eigenvalue weighted by molar-refractivity contribution is 7.99. The highest BCUT2D eigenvalue weighted by atomic mass is 32.2. The summed E-state index contributed by atoms with van der Waals surface area (Å²) in [6, 6.07) is -0.630. The maximum atomic E-state index is 12.7. The second-order valence-electron chi connectivity index (χ2n) is 6.79. The molecule has 2 saturated heterocycles. The Balaban J connectivity index is 2.19. The van der Waals surface area contributed by atoms with Crippen LogP contribution in [0.2, 0.25) is 0 Å². The predicted octanol–water partition coefficient (Wildman–Crippen LogP) is 1.63. The van der Waals surface area contributed by atoms with Crippen LogP contribution in [-0.2, 0) is 19.1 Å². The molecule has 8 heteroatoms. The lowest BCUT2D eigenvalue weighted by Gasteiger charge is -2.29. The summed E-state index contributed by atoms with van der Waals surface area (Å²) in [5.74, 6) is 0.946. The molecule has 0 spiro atoms. The molecule has 0 radical (unpaired) electrons. The Bertz CT molecular complexity index is 549. The van der Waals surface area contributed by atoms with Gasteiger partial charge < -0.3 is 14.4 Å². The van der Waals surface area contributed by atoms with Crippen LogP contribution in [0.5, 0.6) is 0 Å². The van der Waals surface area contributed by atoms with Gasteiger partial charge >= 0.3 is 12.1 Å². The maximum Gasteiger partial charge on any atom is 0.411 e. The van der Waals surface area contributed by atoms with E-state index in [1.807, 2.05) is 0 Å². The average molecular weight is 356 g/mol. The van der Waals surface area contributed by atoms with E-state index in [1.54, 1.807) is 37.4 Å². The molecule has 0 unspecified atom stereocenters. The molecule has 2 aliphatic rings. The van der Waals surface area contributed by atoms with Crippen LogP contribution in [-0.4, -0.2) is 71.2 Å². The SMILES string of the molecule is COC(=O)C=C1C[C@@H](C(=O)N2CCSC2)N(C(=O)OC(C)(C)C)C1. The molecule has 0 aliphatic carbocycles. The summed E-state index contributed by atoms with van der Waals surface area (Å²) in [5.41, 5.74) is 0.0427. The minimum Gasteiger partial charge on any atom is -0.466 e. The Labute approximate surface area is 146 Å². The van der Waals surface area contributed by atoms with Gasteiger partial charge in [0.1, 0.15) is 11.6 Å². The van der Waals surface area contributed by atoms with Crippen molar-refractivity contribution in [3.63, 3.8) is 0 Å². The molecule has 2 rings (SSSR count). The summed E-state index contributed by atoms with van der Waals surface area (Å²) in [7, 11) is 1.30. The zero-order chi connectivity index (χ0) is 17.9. The Hall–Kier alpha value is -1.70. The molecule has 0 N–H and O–H groups in total. The third-order valence-corrected chi connectivity index (χ3v) is 4.67. The standard InChI is InChI=1S/C16H24N2O5S/c1-16(2,3)23-15(21)18-9-11(8-13(19)22-4)7-12(18)14(20)17-5-6-24-10-17/h8,12H,5-7,9-10H2,1-4H3/t12-/m0/s1. The van der Waals surface area contributed by atoms with E-state index in [1.165, 1.54) is 18.1 Å². The first kappa shape index (κ1) is 18.6. The molecular formula is C16H24N2O5S. The first-order valence-electron chi connectivity index (χ1n) is 7.85. The number of thioether (sulfide) groups is 1.